The van der Waals surface area contributed by atoms with Gasteiger partial charge < -0.3 is 10.4 Å². The summed E-state index contributed by atoms with van der Waals surface area (Å²) in [5.74, 6) is 0. The number of hydrogen-bond acceptors (Lipinski definition) is 3. The largest absolute Gasteiger partial charge is 0.395 e. The van der Waals surface area contributed by atoms with Gasteiger partial charge in [0.05, 0.1) is 6.61 Å². The van der Waals surface area contributed by atoms with Gasteiger partial charge in [-0.3, -0.25) is 4.90 Å². The van der Waals surface area contributed by atoms with Crippen molar-refractivity contribution in [2.45, 2.75) is 25.9 Å². The first-order valence-corrected chi connectivity index (χ1v) is 6.41. The van der Waals surface area contributed by atoms with Crippen LogP contribution in [0.25, 0.3) is 0 Å². The van der Waals surface area contributed by atoms with Crippen LogP contribution < -0.4 is 5.32 Å². The predicted octanol–water partition coefficient (Wildman–Crippen LogP) is 1.15. The number of benzene rings is 1. The highest BCUT2D eigenvalue weighted by Gasteiger charge is 2.19. The second-order valence-electron chi connectivity index (χ2n) is 4.85. The molecule has 3 heteroatoms. The Balaban J connectivity index is 2.04. The van der Waals surface area contributed by atoms with E-state index in [1.807, 2.05) is 0 Å². The van der Waals surface area contributed by atoms with Crippen molar-refractivity contribution in [3.05, 3.63) is 35.4 Å². The van der Waals surface area contributed by atoms with Gasteiger partial charge in [0.25, 0.3) is 0 Å². The highest BCUT2D eigenvalue weighted by atomic mass is 16.3. The maximum atomic E-state index is 9.44. The highest BCUT2D eigenvalue weighted by Crippen LogP contribution is 2.12. The van der Waals surface area contributed by atoms with Crippen molar-refractivity contribution in [1.29, 1.82) is 0 Å². The van der Waals surface area contributed by atoms with Crippen molar-refractivity contribution >= 4 is 0 Å². The number of aryl methyl sites for hydroxylation is 1. The van der Waals surface area contributed by atoms with Gasteiger partial charge >= 0.3 is 0 Å². The lowest BCUT2D eigenvalue weighted by atomic mass is 10.1. The quantitative estimate of drug-likeness (QED) is 0.823. The van der Waals surface area contributed by atoms with Crippen LogP contribution in [-0.4, -0.2) is 42.3 Å². The summed E-state index contributed by atoms with van der Waals surface area (Å²) in [4.78, 5) is 2.38. The lowest BCUT2D eigenvalue weighted by molar-refractivity contribution is 0.126. The third-order valence-corrected chi connectivity index (χ3v) is 3.37. The maximum absolute atomic E-state index is 9.44. The number of nitrogens with zero attached hydrogens (tertiary/aromatic N) is 1. The van der Waals surface area contributed by atoms with Crippen molar-refractivity contribution < 1.29 is 5.11 Å². The molecule has 1 atom stereocenters. The predicted molar refractivity (Wildman–Crippen MR) is 69.9 cm³/mol. The molecule has 94 valence electrons. The third-order valence-electron chi connectivity index (χ3n) is 3.37. The average molecular weight is 234 g/mol. The average Bonchev–Trinajstić information content (AvgIpc) is 2.54. The first-order valence-electron chi connectivity index (χ1n) is 6.41. The summed E-state index contributed by atoms with van der Waals surface area (Å²) in [5, 5.41) is 12.8. The van der Waals surface area contributed by atoms with Crippen molar-refractivity contribution in [2.24, 2.45) is 0 Å². The monoisotopic (exact) mass is 234 g/mol. The fraction of sp³-hybridized carbons (Fsp3) is 0.571. The Bertz CT molecular complexity index is 354. The molecule has 0 amide bonds. The zero-order chi connectivity index (χ0) is 12.1. The van der Waals surface area contributed by atoms with E-state index in [1.54, 1.807) is 0 Å². The molecule has 0 spiro atoms. The normalized spacial score (nSPS) is 22.4. The molecule has 1 fully saturated rings. The molecule has 17 heavy (non-hydrogen) atoms. The third kappa shape index (κ3) is 3.53. The van der Waals surface area contributed by atoms with Crippen LogP contribution in [0.15, 0.2) is 24.3 Å². The Hall–Kier alpha value is -0.900. The van der Waals surface area contributed by atoms with Gasteiger partial charge in [-0.2, -0.15) is 0 Å². The molecular weight excluding hydrogens is 212 g/mol. The number of rotatable bonds is 3. The van der Waals surface area contributed by atoms with Crippen molar-refractivity contribution in [3.8, 4) is 0 Å². The smallest absolute Gasteiger partial charge is 0.0599 e. The molecule has 2 N–H and O–H groups in total. The van der Waals surface area contributed by atoms with E-state index in [-0.39, 0.29) is 12.6 Å². The van der Waals surface area contributed by atoms with Crippen LogP contribution in [-0.2, 0) is 6.54 Å². The molecule has 0 aromatic heterocycles. The van der Waals surface area contributed by atoms with E-state index >= 15 is 0 Å². The second kappa shape index (κ2) is 6.15. The molecule has 3 nitrogen and oxygen atoms in total. The Morgan fingerprint density at radius 1 is 1.47 bits per heavy atom. The molecule has 1 aromatic carbocycles. The van der Waals surface area contributed by atoms with Crippen LogP contribution in [0.5, 0.6) is 0 Å². The van der Waals surface area contributed by atoms with Crippen LogP contribution in [0.4, 0.5) is 0 Å². The molecule has 0 saturated carbocycles. The standard InChI is InChI=1S/C14H22N2O/c1-12-4-2-5-13(8-12)10-16-7-3-6-15-9-14(16)11-17/h2,4-5,8,14-15,17H,3,6-7,9-11H2,1H3. The van der Waals surface area contributed by atoms with Crippen LogP contribution in [0.1, 0.15) is 17.5 Å². The Labute approximate surface area is 103 Å². The van der Waals surface area contributed by atoms with E-state index in [2.05, 4.69) is 41.4 Å². The van der Waals surface area contributed by atoms with Gasteiger partial charge in [0.2, 0.25) is 0 Å². The van der Waals surface area contributed by atoms with E-state index in [1.165, 1.54) is 11.1 Å². The number of nitrogens with one attached hydrogen (secondary N) is 1. The fourth-order valence-electron chi connectivity index (χ4n) is 2.42. The van der Waals surface area contributed by atoms with Gasteiger partial charge in [-0.1, -0.05) is 29.8 Å². The van der Waals surface area contributed by atoms with Crippen LogP contribution in [0, 0.1) is 6.92 Å². The summed E-state index contributed by atoms with van der Waals surface area (Å²) in [6.45, 7) is 6.31. The Morgan fingerprint density at radius 3 is 3.12 bits per heavy atom. The topological polar surface area (TPSA) is 35.5 Å². The molecule has 1 unspecified atom stereocenters. The fourth-order valence-corrected chi connectivity index (χ4v) is 2.42. The minimum atomic E-state index is 0.235. The molecule has 1 aliphatic heterocycles. The summed E-state index contributed by atoms with van der Waals surface area (Å²) in [5.41, 5.74) is 2.64. The van der Waals surface area contributed by atoms with E-state index in [9.17, 15) is 5.11 Å². The van der Waals surface area contributed by atoms with Gasteiger partial charge in [-0.05, 0) is 25.5 Å². The van der Waals surface area contributed by atoms with Crippen LogP contribution >= 0.6 is 0 Å². The summed E-state index contributed by atoms with van der Waals surface area (Å²) < 4.78 is 0. The number of aliphatic hydroxyl groups excluding tert-OH is 1. The van der Waals surface area contributed by atoms with E-state index in [0.29, 0.717) is 0 Å². The van der Waals surface area contributed by atoms with Gasteiger partial charge in [0.1, 0.15) is 0 Å². The summed E-state index contributed by atoms with van der Waals surface area (Å²) in [7, 11) is 0. The highest BCUT2D eigenvalue weighted by molar-refractivity contribution is 5.22. The lowest BCUT2D eigenvalue weighted by Crippen LogP contribution is -2.41. The maximum Gasteiger partial charge on any atom is 0.0599 e. The SMILES string of the molecule is Cc1cccc(CN2CCCNCC2CO)c1. The van der Waals surface area contributed by atoms with E-state index in [0.717, 1.165) is 32.6 Å². The van der Waals surface area contributed by atoms with Gasteiger partial charge in [-0.15, -0.1) is 0 Å². The molecule has 1 aliphatic rings. The number of hydrogen-bond donors (Lipinski definition) is 2. The van der Waals surface area contributed by atoms with Crippen LogP contribution in [0.2, 0.25) is 0 Å². The van der Waals surface area contributed by atoms with Crippen molar-refractivity contribution in [1.82, 2.24) is 10.2 Å². The summed E-state index contributed by atoms with van der Waals surface area (Å²) >= 11 is 0. The Kier molecular flexibility index (Phi) is 4.54. The second-order valence-corrected chi connectivity index (χ2v) is 4.85. The van der Waals surface area contributed by atoms with Gasteiger partial charge in [-0.25, -0.2) is 0 Å². The first-order chi connectivity index (χ1) is 8.29. The molecule has 0 aliphatic carbocycles. The Morgan fingerprint density at radius 2 is 2.35 bits per heavy atom. The lowest BCUT2D eigenvalue weighted by Gasteiger charge is -2.28. The van der Waals surface area contributed by atoms with Crippen molar-refractivity contribution in [3.63, 3.8) is 0 Å². The summed E-state index contributed by atoms with van der Waals surface area (Å²) in [6.07, 6.45) is 1.16. The molecule has 0 bridgehead atoms. The summed E-state index contributed by atoms with van der Waals surface area (Å²) in [6, 6.07) is 8.87. The van der Waals surface area contributed by atoms with E-state index < -0.39 is 0 Å². The van der Waals surface area contributed by atoms with Crippen molar-refractivity contribution in [2.75, 3.05) is 26.2 Å². The van der Waals surface area contributed by atoms with E-state index in [4.69, 9.17) is 0 Å². The van der Waals surface area contributed by atoms with Gasteiger partial charge in [0, 0.05) is 25.7 Å². The zero-order valence-corrected chi connectivity index (χ0v) is 10.5. The molecule has 1 saturated heterocycles. The molecule has 1 heterocycles. The number of aliphatic hydroxyl groups is 1. The van der Waals surface area contributed by atoms with Gasteiger partial charge in [0.15, 0.2) is 0 Å². The minimum absolute atomic E-state index is 0.235. The van der Waals surface area contributed by atoms with Crippen LogP contribution in [0.3, 0.4) is 0 Å². The molecule has 1 aromatic rings. The molecular formula is C14H22N2O. The minimum Gasteiger partial charge on any atom is -0.395 e. The zero-order valence-electron chi connectivity index (χ0n) is 10.5. The molecule has 0 radical (unpaired) electrons. The first kappa shape index (κ1) is 12.6. The molecule has 2 rings (SSSR count).